The summed E-state index contributed by atoms with van der Waals surface area (Å²) in [6.07, 6.45) is 3.44. The van der Waals surface area contributed by atoms with E-state index in [0.717, 1.165) is 19.3 Å². The summed E-state index contributed by atoms with van der Waals surface area (Å²) in [6.45, 7) is 2.46. The molecule has 6 nitrogen and oxygen atoms in total. The monoisotopic (exact) mass is 364 g/mol. The predicted octanol–water partition coefficient (Wildman–Crippen LogP) is 2.64. The highest BCUT2D eigenvalue weighted by molar-refractivity contribution is 6.00. The number of carboxylic acids is 1. The number of amides is 2. The normalized spacial score (nSPS) is 16.8. The van der Waals surface area contributed by atoms with Crippen LogP contribution in [0, 0.1) is 18.7 Å². The minimum absolute atomic E-state index is 0.134. The first-order valence-electron chi connectivity index (χ1n) is 8.94. The Morgan fingerprint density at radius 3 is 2.69 bits per heavy atom. The van der Waals surface area contributed by atoms with Gasteiger partial charge in [-0.3, -0.25) is 14.4 Å². The summed E-state index contributed by atoms with van der Waals surface area (Å²) < 4.78 is 13.4. The first-order valence-corrected chi connectivity index (χ1v) is 8.94. The van der Waals surface area contributed by atoms with Crippen molar-refractivity contribution < 1.29 is 23.9 Å². The Bertz CT molecular complexity index is 678. The Morgan fingerprint density at radius 1 is 1.27 bits per heavy atom. The molecule has 0 aromatic heterocycles. The van der Waals surface area contributed by atoms with Crippen molar-refractivity contribution in [1.29, 1.82) is 0 Å². The van der Waals surface area contributed by atoms with Gasteiger partial charge in [-0.05, 0) is 43.5 Å². The topological polar surface area (TPSA) is 86.7 Å². The van der Waals surface area contributed by atoms with Gasteiger partial charge in [-0.2, -0.15) is 0 Å². The molecule has 142 valence electrons. The quantitative estimate of drug-likeness (QED) is 0.660. The number of nitrogens with zero attached hydrogens (tertiary/aromatic N) is 1. The number of hydrogen-bond acceptors (Lipinski definition) is 3. The highest BCUT2D eigenvalue weighted by Crippen LogP contribution is 2.26. The van der Waals surface area contributed by atoms with Gasteiger partial charge in [0.25, 0.3) is 0 Å². The van der Waals surface area contributed by atoms with Crippen LogP contribution < -0.4 is 10.2 Å². The van der Waals surface area contributed by atoms with Crippen LogP contribution in [0.4, 0.5) is 10.1 Å². The van der Waals surface area contributed by atoms with E-state index in [1.54, 1.807) is 19.1 Å². The molecule has 0 aliphatic carbocycles. The molecule has 0 spiro atoms. The lowest BCUT2D eigenvalue weighted by Crippen LogP contribution is -2.33. The van der Waals surface area contributed by atoms with Crippen LogP contribution >= 0.6 is 0 Å². The molecule has 2 amide bonds. The van der Waals surface area contributed by atoms with Gasteiger partial charge in [-0.15, -0.1) is 0 Å². The fourth-order valence-electron chi connectivity index (χ4n) is 3.04. The lowest BCUT2D eigenvalue weighted by molar-refractivity contribution is -0.137. The van der Waals surface area contributed by atoms with Crippen LogP contribution in [0.5, 0.6) is 0 Å². The molecule has 7 heteroatoms. The Morgan fingerprint density at radius 2 is 2.00 bits per heavy atom. The summed E-state index contributed by atoms with van der Waals surface area (Å²) in [5.41, 5.74) is 1.08. The highest BCUT2D eigenvalue weighted by Gasteiger charge is 2.35. The predicted molar refractivity (Wildman–Crippen MR) is 95.3 cm³/mol. The van der Waals surface area contributed by atoms with Gasteiger partial charge in [0, 0.05) is 31.6 Å². The molecule has 0 radical (unpaired) electrons. The molecule has 0 saturated carbocycles. The van der Waals surface area contributed by atoms with Crippen molar-refractivity contribution in [3.8, 4) is 0 Å². The molecule has 2 N–H and O–H groups in total. The smallest absolute Gasteiger partial charge is 0.303 e. The Kier molecular flexibility index (Phi) is 7.12. The Hall–Kier alpha value is -2.44. The van der Waals surface area contributed by atoms with Gasteiger partial charge < -0.3 is 15.3 Å². The van der Waals surface area contributed by atoms with E-state index < -0.39 is 11.9 Å². The van der Waals surface area contributed by atoms with Gasteiger partial charge in [0.15, 0.2) is 0 Å². The van der Waals surface area contributed by atoms with E-state index in [-0.39, 0.29) is 30.5 Å². The van der Waals surface area contributed by atoms with Crippen molar-refractivity contribution in [2.75, 3.05) is 18.0 Å². The van der Waals surface area contributed by atoms with E-state index in [1.807, 2.05) is 0 Å². The molecule has 1 aliphatic rings. The van der Waals surface area contributed by atoms with Crippen molar-refractivity contribution in [2.45, 2.75) is 45.4 Å². The summed E-state index contributed by atoms with van der Waals surface area (Å²) in [7, 11) is 0. The van der Waals surface area contributed by atoms with Crippen LogP contribution in [-0.4, -0.2) is 36.0 Å². The van der Waals surface area contributed by atoms with E-state index in [4.69, 9.17) is 5.11 Å². The zero-order valence-corrected chi connectivity index (χ0v) is 15.0. The maximum atomic E-state index is 13.4. The molecule has 1 heterocycles. The SMILES string of the molecule is Cc1cc(N2CC(C(=O)NCCCCCCC(=O)O)CC2=O)ccc1F. The summed E-state index contributed by atoms with van der Waals surface area (Å²) >= 11 is 0. The third-order valence-electron chi connectivity index (χ3n) is 4.57. The number of aliphatic carboxylic acids is 1. The summed E-state index contributed by atoms with van der Waals surface area (Å²) in [6, 6.07) is 4.50. The van der Waals surface area contributed by atoms with Crippen LogP contribution in [0.15, 0.2) is 18.2 Å². The third-order valence-corrected chi connectivity index (χ3v) is 4.57. The van der Waals surface area contributed by atoms with Crippen LogP contribution in [0.2, 0.25) is 0 Å². The minimum atomic E-state index is -0.787. The lowest BCUT2D eigenvalue weighted by Gasteiger charge is -2.17. The largest absolute Gasteiger partial charge is 0.481 e. The van der Waals surface area contributed by atoms with Crippen molar-refractivity contribution in [2.24, 2.45) is 5.92 Å². The second-order valence-electron chi connectivity index (χ2n) is 6.69. The molecule has 0 bridgehead atoms. The molecule has 1 aliphatic heterocycles. The fourth-order valence-corrected chi connectivity index (χ4v) is 3.04. The van der Waals surface area contributed by atoms with E-state index >= 15 is 0 Å². The number of halogens is 1. The maximum absolute atomic E-state index is 13.4. The summed E-state index contributed by atoms with van der Waals surface area (Å²) in [5.74, 6) is -1.79. The Balaban J connectivity index is 1.74. The molecule has 1 aromatic carbocycles. The van der Waals surface area contributed by atoms with Crippen molar-refractivity contribution >= 4 is 23.5 Å². The van der Waals surface area contributed by atoms with Gasteiger partial charge in [-0.1, -0.05) is 12.8 Å². The first kappa shape index (κ1) is 19.9. The van der Waals surface area contributed by atoms with Gasteiger partial charge in [0.2, 0.25) is 11.8 Å². The van der Waals surface area contributed by atoms with Gasteiger partial charge in [-0.25, -0.2) is 4.39 Å². The van der Waals surface area contributed by atoms with Gasteiger partial charge in [0.05, 0.1) is 5.92 Å². The number of carbonyl (C=O) groups is 3. The second kappa shape index (κ2) is 9.31. The number of nitrogens with one attached hydrogen (secondary N) is 1. The summed E-state index contributed by atoms with van der Waals surface area (Å²) in [5, 5.41) is 11.4. The summed E-state index contributed by atoms with van der Waals surface area (Å²) in [4.78, 5) is 36.4. The average molecular weight is 364 g/mol. The minimum Gasteiger partial charge on any atom is -0.481 e. The molecule has 2 rings (SSSR count). The number of carboxylic acid groups (broad SMARTS) is 1. The zero-order chi connectivity index (χ0) is 19.1. The maximum Gasteiger partial charge on any atom is 0.303 e. The van der Waals surface area contributed by atoms with E-state index in [2.05, 4.69) is 5.32 Å². The highest BCUT2D eigenvalue weighted by atomic mass is 19.1. The number of carbonyl (C=O) groups excluding carboxylic acids is 2. The van der Waals surface area contributed by atoms with Gasteiger partial charge in [0.1, 0.15) is 5.82 Å². The molecule has 1 saturated heterocycles. The van der Waals surface area contributed by atoms with Crippen LogP contribution in [0.3, 0.4) is 0 Å². The average Bonchev–Trinajstić information content (AvgIpc) is 2.98. The second-order valence-corrected chi connectivity index (χ2v) is 6.69. The molecule has 1 unspecified atom stereocenters. The molecule has 26 heavy (non-hydrogen) atoms. The van der Waals surface area contributed by atoms with Crippen LogP contribution in [-0.2, 0) is 14.4 Å². The lowest BCUT2D eigenvalue weighted by atomic mass is 10.1. The number of hydrogen-bond donors (Lipinski definition) is 2. The van der Waals surface area contributed by atoms with Crippen molar-refractivity contribution in [3.05, 3.63) is 29.6 Å². The third kappa shape index (κ3) is 5.54. The Labute approximate surface area is 152 Å². The van der Waals surface area contributed by atoms with E-state index in [1.165, 1.54) is 11.0 Å². The van der Waals surface area contributed by atoms with E-state index in [0.29, 0.717) is 30.8 Å². The fraction of sp³-hybridized carbons (Fsp3) is 0.526. The molecular formula is C19H25FN2O4. The molecule has 1 atom stereocenters. The molecular weight excluding hydrogens is 339 g/mol. The molecule has 1 aromatic rings. The van der Waals surface area contributed by atoms with Crippen LogP contribution in [0.1, 0.15) is 44.1 Å². The van der Waals surface area contributed by atoms with Crippen molar-refractivity contribution in [1.82, 2.24) is 5.32 Å². The number of anilines is 1. The van der Waals surface area contributed by atoms with Crippen molar-refractivity contribution in [3.63, 3.8) is 0 Å². The number of aryl methyl sites for hydroxylation is 1. The van der Waals surface area contributed by atoms with E-state index in [9.17, 15) is 18.8 Å². The standard InChI is InChI=1S/C19H25FN2O4/c1-13-10-15(7-8-16(13)20)22-12-14(11-17(22)23)19(26)21-9-5-3-2-4-6-18(24)25/h7-8,10,14H,2-6,9,11-12H2,1H3,(H,21,26)(H,24,25). The van der Waals surface area contributed by atoms with Crippen LogP contribution in [0.25, 0.3) is 0 Å². The number of unbranched alkanes of at least 4 members (excludes halogenated alkanes) is 3. The first-order chi connectivity index (χ1) is 12.4. The zero-order valence-electron chi connectivity index (χ0n) is 15.0. The molecule has 1 fully saturated rings. The van der Waals surface area contributed by atoms with Gasteiger partial charge >= 0.3 is 5.97 Å². The number of rotatable bonds is 9. The number of benzene rings is 1.